The minimum absolute atomic E-state index is 0.0880. The first-order chi connectivity index (χ1) is 9.24. The Kier molecular flexibility index (Phi) is 4.72. The van der Waals surface area contributed by atoms with Crippen molar-refractivity contribution in [2.45, 2.75) is 20.0 Å². The van der Waals surface area contributed by atoms with Gasteiger partial charge < -0.3 is 9.84 Å². The summed E-state index contributed by atoms with van der Waals surface area (Å²) in [4.78, 5) is 0. The highest BCUT2D eigenvalue weighted by molar-refractivity contribution is 5.68. The largest absolute Gasteiger partial charge is 0.392 e. The van der Waals surface area contributed by atoms with Crippen molar-refractivity contribution in [1.82, 2.24) is 0 Å². The zero-order valence-corrected chi connectivity index (χ0v) is 11.5. The normalized spacial score (nSPS) is 10.7. The molecular weight excluding hydrogens is 236 g/mol. The molecule has 0 bridgehead atoms. The molecule has 1 N–H and O–H groups in total. The molecule has 0 aromatic heterocycles. The fourth-order valence-electron chi connectivity index (χ4n) is 2.21. The lowest BCUT2D eigenvalue weighted by Crippen LogP contribution is -1.98. The Labute approximate surface area is 114 Å². The van der Waals surface area contributed by atoms with E-state index in [1.54, 1.807) is 7.11 Å². The predicted molar refractivity (Wildman–Crippen MR) is 78.1 cm³/mol. The Balaban J connectivity index is 2.36. The summed E-state index contributed by atoms with van der Waals surface area (Å²) in [7, 11) is 1.73. The van der Waals surface area contributed by atoms with Crippen molar-refractivity contribution in [3.63, 3.8) is 0 Å². The maximum atomic E-state index is 9.09. The number of hydrogen-bond donors (Lipinski definition) is 1. The number of benzene rings is 2. The first kappa shape index (κ1) is 13.8. The third-order valence-corrected chi connectivity index (χ3v) is 3.28. The van der Waals surface area contributed by atoms with Crippen LogP contribution in [0.25, 0.3) is 11.1 Å². The molecule has 0 atom stereocenters. The Morgan fingerprint density at radius 1 is 1.05 bits per heavy atom. The van der Waals surface area contributed by atoms with Crippen molar-refractivity contribution < 1.29 is 9.84 Å². The van der Waals surface area contributed by atoms with E-state index in [9.17, 15) is 0 Å². The van der Waals surface area contributed by atoms with Gasteiger partial charge in [-0.3, -0.25) is 0 Å². The van der Waals surface area contributed by atoms with Gasteiger partial charge in [-0.2, -0.15) is 0 Å². The molecule has 0 fully saturated rings. The molecule has 0 radical (unpaired) electrons. The van der Waals surface area contributed by atoms with Crippen LogP contribution in [0.5, 0.6) is 0 Å². The van der Waals surface area contributed by atoms with Crippen LogP contribution in [0.2, 0.25) is 0 Å². The number of rotatable bonds is 5. The molecule has 2 heteroatoms. The number of methoxy groups -OCH3 is 1. The van der Waals surface area contributed by atoms with Crippen LogP contribution in [0.3, 0.4) is 0 Å². The van der Waals surface area contributed by atoms with Gasteiger partial charge in [0.1, 0.15) is 0 Å². The van der Waals surface area contributed by atoms with Crippen LogP contribution in [0.1, 0.15) is 16.7 Å². The van der Waals surface area contributed by atoms with E-state index in [2.05, 4.69) is 37.3 Å². The van der Waals surface area contributed by atoms with Gasteiger partial charge in [0.2, 0.25) is 0 Å². The maximum Gasteiger partial charge on any atom is 0.0681 e. The third kappa shape index (κ3) is 3.43. The molecule has 0 saturated heterocycles. The average molecular weight is 256 g/mol. The van der Waals surface area contributed by atoms with Crippen molar-refractivity contribution in [1.29, 1.82) is 0 Å². The fraction of sp³-hybridized carbons (Fsp3) is 0.294. The van der Waals surface area contributed by atoms with Crippen molar-refractivity contribution in [2.24, 2.45) is 0 Å². The standard InChI is InChI=1S/C17H20O2/c1-13-3-8-17(16(11-13)9-10-19-2)15-6-4-14(12-18)5-7-15/h3-8,11,18H,9-10,12H2,1-2H3. The summed E-state index contributed by atoms with van der Waals surface area (Å²) in [5, 5.41) is 9.09. The van der Waals surface area contributed by atoms with Gasteiger partial charge in [-0.1, -0.05) is 48.0 Å². The van der Waals surface area contributed by atoms with Crippen LogP contribution >= 0.6 is 0 Å². The van der Waals surface area contributed by atoms with Gasteiger partial charge in [0.25, 0.3) is 0 Å². The number of aliphatic hydroxyl groups is 1. The second-order valence-corrected chi connectivity index (χ2v) is 4.76. The Morgan fingerprint density at radius 2 is 1.79 bits per heavy atom. The summed E-state index contributed by atoms with van der Waals surface area (Å²) in [5.74, 6) is 0. The molecule has 2 nitrogen and oxygen atoms in total. The summed E-state index contributed by atoms with van der Waals surface area (Å²) < 4.78 is 5.18. The highest BCUT2D eigenvalue weighted by atomic mass is 16.5. The van der Waals surface area contributed by atoms with Crippen molar-refractivity contribution in [3.05, 3.63) is 59.2 Å². The molecule has 100 valence electrons. The number of hydrogen-bond acceptors (Lipinski definition) is 2. The second kappa shape index (κ2) is 6.50. The van der Waals surface area contributed by atoms with Gasteiger partial charge in [0.05, 0.1) is 13.2 Å². The number of ether oxygens (including phenoxy) is 1. The van der Waals surface area contributed by atoms with Crippen LogP contribution in [-0.4, -0.2) is 18.8 Å². The highest BCUT2D eigenvalue weighted by Gasteiger charge is 2.05. The first-order valence-electron chi connectivity index (χ1n) is 6.53. The molecule has 0 aliphatic heterocycles. The Hall–Kier alpha value is -1.64. The molecule has 2 aromatic carbocycles. The minimum Gasteiger partial charge on any atom is -0.392 e. The molecule has 0 heterocycles. The molecule has 0 aliphatic rings. The summed E-state index contributed by atoms with van der Waals surface area (Å²) in [6.45, 7) is 2.92. The van der Waals surface area contributed by atoms with Crippen molar-refractivity contribution >= 4 is 0 Å². The topological polar surface area (TPSA) is 29.5 Å². The van der Waals surface area contributed by atoms with Crippen LogP contribution in [0.15, 0.2) is 42.5 Å². The quantitative estimate of drug-likeness (QED) is 0.889. The number of aliphatic hydroxyl groups excluding tert-OH is 1. The molecule has 2 rings (SSSR count). The van der Waals surface area contributed by atoms with Crippen LogP contribution < -0.4 is 0 Å². The van der Waals surface area contributed by atoms with Gasteiger partial charge in [-0.15, -0.1) is 0 Å². The molecule has 19 heavy (non-hydrogen) atoms. The van der Waals surface area contributed by atoms with E-state index in [4.69, 9.17) is 9.84 Å². The third-order valence-electron chi connectivity index (χ3n) is 3.28. The average Bonchev–Trinajstić information content (AvgIpc) is 2.45. The minimum atomic E-state index is 0.0880. The molecular formula is C17H20O2. The number of aryl methyl sites for hydroxylation is 1. The van der Waals surface area contributed by atoms with E-state index in [1.165, 1.54) is 22.3 Å². The fourth-order valence-corrected chi connectivity index (χ4v) is 2.21. The van der Waals surface area contributed by atoms with E-state index >= 15 is 0 Å². The van der Waals surface area contributed by atoms with Crippen LogP contribution in [0.4, 0.5) is 0 Å². The predicted octanol–water partition coefficient (Wildman–Crippen LogP) is 3.34. The van der Waals surface area contributed by atoms with Crippen LogP contribution in [-0.2, 0) is 17.8 Å². The van der Waals surface area contributed by atoms with Crippen molar-refractivity contribution in [2.75, 3.05) is 13.7 Å². The smallest absolute Gasteiger partial charge is 0.0681 e. The Bertz CT molecular complexity index is 529. The van der Waals surface area contributed by atoms with Gasteiger partial charge >= 0.3 is 0 Å². The molecule has 0 spiro atoms. The Morgan fingerprint density at radius 3 is 2.42 bits per heavy atom. The lowest BCUT2D eigenvalue weighted by molar-refractivity contribution is 0.202. The van der Waals surface area contributed by atoms with E-state index in [0.717, 1.165) is 18.6 Å². The van der Waals surface area contributed by atoms with E-state index in [-0.39, 0.29) is 6.61 Å². The summed E-state index contributed by atoms with van der Waals surface area (Å²) in [6.07, 6.45) is 0.912. The summed E-state index contributed by atoms with van der Waals surface area (Å²) in [6, 6.07) is 14.6. The van der Waals surface area contributed by atoms with E-state index in [1.807, 2.05) is 12.1 Å². The van der Waals surface area contributed by atoms with Gasteiger partial charge in [0, 0.05) is 7.11 Å². The van der Waals surface area contributed by atoms with Crippen LogP contribution in [0, 0.1) is 6.92 Å². The molecule has 0 saturated carbocycles. The van der Waals surface area contributed by atoms with E-state index in [0.29, 0.717) is 0 Å². The molecule has 0 unspecified atom stereocenters. The molecule has 0 amide bonds. The monoisotopic (exact) mass is 256 g/mol. The first-order valence-corrected chi connectivity index (χ1v) is 6.53. The summed E-state index contributed by atoms with van der Waals surface area (Å²) in [5.41, 5.74) is 5.94. The van der Waals surface area contributed by atoms with E-state index < -0.39 is 0 Å². The van der Waals surface area contributed by atoms with Gasteiger partial charge in [-0.05, 0) is 35.6 Å². The summed E-state index contributed by atoms with van der Waals surface area (Å²) >= 11 is 0. The van der Waals surface area contributed by atoms with Gasteiger partial charge in [-0.25, -0.2) is 0 Å². The zero-order valence-electron chi connectivity index (χ0n) is 11.5. The highest BCUT2D eigenvalue weighted by Crippen LogP contribution is 2.25. The second-order valence-electron chi connectivity index (χ2n) is 4.76. The van der Waals surface area contributed by atoms with Crippen molar-refractivity contribution in [3.8, 4) is 11.1 Å². The lowest BCUT2D eigenvalue weighted by Gasteiger charge is -2.11. The molecule has 2 aromatic rings. The molecule has 0 aliphatic carbocycles. The zero-order chi connectivity index (χ0) is 13.7. The maximum absolute atomic E-state index is 9.09. The SMILES string of the molecule is COCCc1cc(C)ccc1-c1ccc(CO)cc1. The lowest BCUT2D eigenvalue weighted by atomic mass is 9.95. The van der Waals surface area contributed by atoms with Gasteiger partial charge in [0.15, 0.2) is 0 Å².